The molecule has 0 bridgehead atoms. The number of fused-ring (bicyclic) bond motifs is 1. The van der Waals surface area contributed by atoms with Gasteiger partial charge in [-0.15, -0.1) is 0 Å². The van der Waals surface area contributed by atoms with Gasteiger partial charge in [-0.1, -0.05) is 0 Å². The molecule has 30 heavy (non-hydrogen) atoms. The van der Waals surface area contributed by atoms with Gasteiger partial charge in [0.2, 0.25) is 5.75 Å². The minimum absolute atomic E-state index is 0.516. The maximum absolute atomic E-state index is 5.45. The lowest BCUT2D eigenvalue weighted by Gasteiger charge is -2.15. The molecule has 156 valence electrons. The molecule has 0 aliphatic rings. The Bertz CT molecular complexity index is 1200. The molecule has 3 heterocycles. The second-order valence-electron chi connectivity index (χ2n) is 6.71. The number of methoxy groups -OCH3 is 3. The van der Waals surface area contributed by atoms with Gasteiger partial charge in [-0.2, -0.15) is 5.10 Å². The summed E-state index contributed by atoms with van der Waals surface area (Å²) in [6.45, 7) is 3.92. The number of hydrogen-bond donors (Lipinski definition) is 2. The van der Waals surface area contributed by atoms with Gasteiger partial charge in [-0.25, -0.2) is 15.0 Å². The van der Waals surface area contributed by atoms with Crippen LogP contribution in [-0.2, 0) is 7.05 Å². The van der Waals surface area contributed by atoms with Crippen LogP contribution in [0.2, 0.25) is 0 Å². The molecule has 0 spiro atoms. The van der Waals surface area contributed by atoms with Crippen LogP contribution < -0.4 is 19.5 Å². The van der Waals surface area contributed by atoms with E-state index in [9.17, 15) is 0 Å². The fourth-order valence-electron chi connectivity index (χ4n) is 3.42. The number of nitrogens with one attached hydrogen (secondary N) is 2. The molecule has 0 saturated heterocycles. The molecule has 4 aromatic rings. The Kier molecular flexibility index (Phi) is 4.90. The van der Waals surface area contributed by atoms with E-state index in [0.717, 1.165) is 17.0 Å². The number of aryl methyl sites for hydroxylation is 2. The smallest absolute Gasteiger partial charge is 0.203 e. The van der Waals surface area contributed by atoms with Crippen molar-refractivity contribution in [3.8, 4) is 28.6 Å². The maximum Gasteiger partial charge on any atom is 0.203 e. The summed E-state index contributed by atoms with van der Waals surface area (Å²) in [6.07, 6.45) is 1.59. The van der Waals surface area contributed by atoms with Crippen molar-refractivity contribution in [2.45, 2.75) is 13.8 Å². The van der Waals surface area contributed by atoms with Gasteiger partial charge < -0.3 is 24.5 Å². The van der Waals surface area contributed by atoms with Crippen LogP contribution in [0.1, 0.15) is 11.4 Å². The largest absolute Gasteiger partial charge is 0.493 e. The van der Waals surface area contributed by atoms with E-state index in [-0.39, 0.29) is 0 Å². The second kappa shape index (κ2) is 7.54. The highest BCUT2D eigenvalue weighted by Crippen LogP contribution is 2.41. The summed E-state index contributed by atoms with van der Waals surface area (Å²) in [5.74, 6) is 2.71. The van der Waals surface area contributed by atoms with Crippen molar-refractivity contribution in [3.05, 3.63) is 29.8 Å². The van der Waals surface area contributed by atoms with Gasteiger partial charge in [0.25, 0.3) is 0 Å². The standard InChI is InChI=1S/C20H23N7O3/c1-10-15(11(2)27(3)26-10)18-24-19-16(21-9-22-19)20(25-18)23-12-7-13(28-4)17(30-6)14(8-12)29-5/h7-9H,1-6H3,(H2,21,22,23,24,25). The zero-order valence-corrected chi connectivity index (χ0v) is 17.7. The lowest BCUT2D eigenvalue weighted by molar-refractivity contribution is 0.324. The molecule has 2 N–H and O–H groups in total. The van der Waals surface area contributed by atoms with Crippen LogP contribution in [0, 0.1) is 13.8 Å². The highest BCUT2D eigenvalue weighted by atomic mass is 16.5. The highest BCUT2D eigenvalue weighted by Gasteiger charge is 2.19. The van der Waals surface area contributed by atoms with Gasteiger partial charge >= 0.3 is 0 Å². The first-order valence-electron chi connectivity index (χ1n) is 9.25. The number of aromatic amines is 1. The van der Waals surface area contributed by atoms with Crippen molar-refractivity contribution in [2.24, 2.45) is 7.05 Å². The summed E-state index contributed by atoms with van der Waals surface area (Å²) < 4.78 is 18.1. The van der Waals surface area contributed by atoms with Gasteiger partial charge in [0.1, 0.15) is 5.52 Å². The summed E-state index contributed by atoms with van der Waals surface area (Å²) in [5.41, 5.74) is 4.66. The molecule has 0 saturated carbocycles. The van der Waals surface area contributed by atoms with Crippen molar-refractivity contribution < 1.29 is 14.2 Å². The van der Waals surface area contributed by atoms with E-state index in [1.807, 2.05) is 37.7 Å². The number of H-pyrrole nitrogens is 1. The van der Waals surface area contributed by atoms with Crippen LogP contribution in [0.3, 0.4) is 0 Å². The highest BCUT2D eigenvalue weighted by molar-refractivity contribution is 5.87. The number of benzene rings is 1. The van der Waals surface area contributed by atoms with Crippen molar-refractivity contribution >= 4 is 22.7 Å². The third kappa shape index (κ3) is 3.15. The number of nitrogens with zero attached hydrogens (tertiary/aromatic N) is 5. The number of ether oxygens (including phenoxy) is 3. The van der Waals surface area contributed by atoms with E-state index in [4.69, 9.17) is 19.2 Å². The molecule has 1 aromatic carbocycles. The van der Waals surface area contributed by atoms with Crippen LogP contribution >= 0.6 is 0 Å². The van der Waals surface area contributed by atoms with E-state index >= 15 is 0 Å². The number of rotatable bonds is 6. The van der Waals surface area contributed by atoms with Crippen molar-refractivity contribution in [3.63, 3.8) is 0 Å². The summed E-state index contributed by atoms with van der Waals surface area (Å²) in [7, 11) is 6.61. The first kappa shape index (κ1) is 19.5. The molecule has 0 fully saturated rings. The van der Waals surface area contributed by atoms with Gasteiger partial charge in [-0.05, 0) is 13.8 Å². The first-order chi connectivity index (χ1) is 14.5. The van der Waals surface area contributed by atoms with Crippen molar-refractivity contribution in [2.75, 3.05) is 26.6 Å². The Balaban J connectivity index is 1.85. The normalized spacial score (nSPS) is 11.0. The van der Waals surface area contributed by atoms with Crippen LogP contribution in [0.25, 0.3) is 22.6 Å². The van der Waals surface area contributed by atoms with E-state index in [2.05, 4.69) is 25.4 Å². The number of anilines is 2. The van der Waals surface area contributed by atoms with Crippen LogP contribution in [0.4, 0.5) is 11.5 Å². The zero-order valence-electron chi connectivity index (χ0n) is 17.7. The quantitative estimate of drug-likeness (QED) is 0.499. The Morgan fingerprint density at radius 1 is 1.00 bits per heavy atom. The van der Waals surface area contributed by atoms with Crippen molar-refractivity contribution in [1.29, 1.82) is 0 Å². The number of aromatic nitrogens is 6. The predicted octanol–water partition coefficient (Wildman–Crippen LogP) is 3.14. The third-order valence-electron chi connectivity index (χ3n) is 4.95. The molecule has 4 rings (SSSR count). The topological polar surface area (TPSA) is 112 Å². The van der Waals surface area contributed by atoms with Crippen LogP contribution in [0.5, 0.6) is 17.2 Å². The SMILES string of the molecule is COc1cc(Nc2nc(-c3c(C)nn(C)c3C)nc3nc[nH]c23)cc(OC)c1OC. The van der Waals surface area contributed by atoms with Crippen molar-refractivity contribution in [1.82, 2.24) is 29.7 Å². The minimum atomic E-state index is 0.516. The second-order valence-corrected chi connectivity index (χ2v) is 6.71. The molecule has 0 radical (unpaired) electrons. The molecular formula is C20H23N7O3. The fourth-order valence-corrected chi connectivity index (χ4v) is 3.42. The fraction of sp³-hybridized carbons (Fsp3) is 0.300. The third-order valence-corrected chi connectivity index (χ3v) is 4.95. The Morgan fingerprint density at radius 2 is 1.70 bits per heavy atom. The van der Waals surface area contributed by atoms with Gasteiger partial charge in [-0.3, -0.25) is 4.68 Å². The summed E-state index contributed by atoms with van der Waals surface area (Å²) >= 11 is 0. The lowest BCUT2D eigenvalue weighted by atomic mass is 10.2. The molecule has 10 heteroatoms. The molecule has 0 amide bonds. The van der Waals surface area contributed by atoms with E-state index in [1.54, 1.807) is 27.7 Å². The Labute approximate surface area is 173 Å². The predicted molar refractivity (Wildman–Crippen MR) is 113 cm³/mol. The van der Waals surface area contributed by atoms with E-state index < -0.39 is 0 Å². The average Bonchev–Trinajstić information content (AvgIpc) is 3.31. The average molecular weight is 409 g/mol. The maximum atomic E-state index is 5.45. The molecule has 0 unspecified atom stereocenters. The Morgan fingerprint density at radius 3 is 2.27 bits per heavy atom. The number of imidazole rings is 1. The van der Waals surface area contributed by atoms with E-state index in [1.165, 1.54) is 0 Å². The molecular weight excluding hydrogens is 386 g/mol. The zero-order chi connectivity index (χ0) is 21.4. The van der Waals surface area contributed by atoms with Gasteiger partial charge in [0.05, 0.1) is 38.9 Å². The number of hydrogen-bond acceptors (Lipinski definition) is 8. The van der Waals surface area contributed by atoms with E-state index in [0.29, 0.717) is 45.7 Å². The molecule has 3 aromatic heterocycles. The summed E-state index contributed by atoms with van der Waals surface area (Å²) in [6, 6.07) is 3.62. The summed E-state index contributed by atoms with van der Waals surface area (Å²) in [5, 5.41) is 7.80. The first-order valence-corrected chi connectivity index (χ1v) is 9.25. The van der Waals surface area contributed by atoms with Gasteiger partial charge in [0, 0.05) is 30.6 Å². The molecule has 0 aliphatic carbocycles. The monoisotopic (exact) mass is 409 g/mol. The molecule has 10 nitrogen and oxygen atoms in total. The van der Waals surface area contributed by atoms with Gasteiger partial charge in [0.15, 0.2) is 28.8 Å². The molecule has 0 atom stereocenters. The molecule has 0 aliphatic heterocycles. The van der Waals surface area contributed by atoms with Crippen LogP contribution in [0.15, 0.2) is 18.5 Å². The summed E-state index contributed by atoms with van der Waals surface area (Å²) in [4.78, 5) is 16.8. The minimum Gasteiger partial charge on any atom is -0.493 e. The van der Waals surface area contributed by atoms with Crippen LogP contribution in [-0.4, -0.2) is 51.0 Å². The lowest BCUT2D eigenvalue weighted by Crippen LogP contribution is -2.02. The Hall–Kier alpha value is -3.82.